The fraction of sp³-hybridized carbons (Fsp3) is 0.0556. The first-order valence-electron chi connectivity index (χ1n) is 13.9. The molecule has 5 nitrogen and oxygen atoms in total. The second-order valence-electron chi connectivity index (χ2n) is 10.4. The average molecular weight is 565 g/mol. The molecule has 2 aliphatic rings. The van der Waals surface area contributed by atoms with E-state index < -0.39 is 6.17 Å². The number of halogens is 1. The molecule has 42 heavy (non-hydrogen) atoms. The number of hydrogen-bond donors (Lipinski definition) is 2. The second-order valence-corrected chi connectivity index (χ2v) is 10.8. The van der Waals surface area contributed by atoms with Gasteiger partial charge in [-0.3, -0.25) is 0 Å². The van der Waals surface area contributed by atoms with Crippen molar-refractivity contribution in [2.45, 2.75) is 12.7 Å². The topological polar surface area (TPSA) is 61.9 Å². The highest BCUT2D eigenvalue weighted by Crippen LogP contribution is 2.43. The summed E-state index contributed by atoms with van der Waals surface area (Å²) in [5, 5.41) is 10.6. The van der Waals surface area contributed by atoms with Crippen molar-refractivity contribution < 1.29 is 4.42 Å². The molecule has 202 valence electrons. The molecular weight excluding hydrogens is 540 g/mol. The van der Waals surface area contributed by atoms with E-state index >= 15 is 0 Å². The molecule has 0 saturated heterocycles. The van der Waals surface area contributed by atoms with E-state index in [0.717, 1.165) is 67.0 Å². The lowest BCUT2D eigenvalue weighted by molar-refractivity contribution is 0.532. The molecule has 5 aromatic carbocycles. The summed E-state index contributed by atoms with van der Waals surface area (Å²) < 4.78 is 6.23. The van der Waals surface area contributed by atoms with Crippen LogP contribution in [0.1, 0.15) is 34.2 Å². The number of furan rings is 1. The zero-order valence-corrected chi connectivity index (χ0v) is 23.3. The smallest absolute Gasteiger partial charge is 0.170 e. The molecule has 0 radical (unpaired) electrons. The van der Waals surface area contributed by atoms with Crippen molar-refractivity contribution >= 4 is 51.1 Å². The molecule has 0 fully saturated rings. The molecule has 0 unspecified atom stereocenters. The predicted molar refractivity (Wildman–Crippen MR) is 172 cm³/mol. The van der Waals surface area contributed by atoms with Crippen molar-refractivity contribution in [2.75, 3.05) is 0 Å². The van der Waals surface area contributed by atoms with Gasteiger partial charge in [0.15, 0.2) is 11.7 Å². The lowest BCUT2D eigenvalue weighted by Gasteiger charge is -2.23. The molecule has 0 aliphatic carbocycles. The van der Waals surface area contributed by atoms with Crippen molar-refractivity contribution in [3.05, 3.63) is 148 Å². The average Bonchev–Trinajstić information content (AvgIpc) is 3.46. The fourth-order valence-electron chi connectivity index (χ4n) is 5.93. The third kappa shape index (κ3) is 4.09. The van der Waals surface area contributed by atoms with Crippen LogP contribution in [0, 0.1) is 0 Å². The number of fused-ring (bicyclic) bond motifs is 4. The van der Waals surface area contributed by atoms with Gasteiger partial charge in [-0.05, 0) is 40.2 Å². The zero-order valence-electron chi connectivity index (χ0n) is 22.5. The van der Waals surface area contributed by atoms with E-state index in [1.807, 2.05) is 48.7 Å². The van der Waals surface area contributed by atoms with Crippen LogP contribution in [-0.2, 0) is 6.54 Å². The lowest BCUT2D eigenvalue weighted by atomic mass is 9.91. The summed E-state index contributed by atoms with van der Waals surface area (Å²) >= 11 is 6.64. The fourth-order valence-corrected chi connectivity index (χ4v) is 6.12. The highest BCUT2D eigenvalue weighted by atomic mass is 35.5. The third-order valence-corrected chi connectivity index (χ3v) is 8.19. The molecular formula is C36H25ClN4O. The van der Waals surface area contributed by atoms with Crippen LogP contribution < -0.4 is 10.6 Å². The van der Waals surface area contributed by atoms with Gasteiger partial charge in [-0.25, -0.2) is 9.98 Å². The van der Waals surface area contributed by atoms with Crippen LogP contribution in [-0.4, -0.2) is 11.7 Å². The molecule has 0 spiro atoms. The van der Waals surface area contributed by atoms with Gasteiger partial charge in [-0.1, -0.05) is 115 Å². The van der Waals surface area contributed by atoms with Crippen LogP contribution in [0.15, 0.2) is 130 Å². The van der Waals surface area contributed by atoms with E-state index in [0.29, 0.717) is 17.2 Å². The Morgan fingerprint density at radius 2 is 1.33 bits per heavy atom. The summed E-state index contributed by atoms with van der Waals surface area (Å²) in [7, 11) is 0. The summed E-state index contributed by atoms with van der Waals surface area (Å²) in [4.78, 5) is 10.3. The van der Waals surface area contributed by atoms with Crippen molar-refractivity contribution in [3.63, 3.8) is 0 Å². The van der Waals surface area contributed by atoms with Crippen molar-refractivity contribution in [3.8, 4) is 11.1 Å². The van der Waals surface area contributed by atoms with Crippen molar-refractivity contribution in [1.29, 1.82) is 0 Å². The first-order chi connectivity index (χ1) is 20.7. The monoisotopic (exact) mass is 564 g/mol. The normalized spacial score (nSPS) is 14.7. The molecule has 0 saturated carbocycles. The number of benzene rings is 5. The van der Waals surface area contributed by atoms with Gasteiger partial charge in [-0.2, -0.15) is 0 Å². The minimum absolute atomic E-state index is 0.420. The maximum absolute atomic E-state index is 6.64. The molecule has 0 bridgehead atoms. The predicted octanol–water partition coefficient (Wildman–Crippen LogP) is 8.48. The van der Waals surface area contributed by atoms with E-state index in [2.05, 4.69) is 83.4 Å². The summed E-state index contributed by atoms with van der Waals surface area (Å²) in [6.07, 6.45) is 3.61. The second kappa shape index (κ2) is 10.1. The summed E-state index contributed by atoms with van der Waals surface area (Å²) in [6.45, 7) is 0.634. The van der Waals surface area contributed by atoms with Gasteiger partial charge in [0.2, 0.25) is 0 Å². The Bertz CT molecular complexity index is 2020. The van der Waals surface area contributed by atoms with Crippen LogP contribution in [0.2, 0.25) is 5.02 Å². The first kappa shape index (κ1) is 24.6. The van der Waals surface area contributed by atoms with Crippen LogP contribution in [0.4, 0.5) is 0 Å². The molecule has 1 aromatic heterocycles. The number of hydrogen-bond acceptors (Lipinski definition) is 5. The van der Waals surface area contributed by atoms with Crippen molar-refractivity contribution in [2.24, 2.45) is 9.98 Å². The quantitative estimate of drug-likeness (QED) is 0.226. The molecule has 3 heterocycles. The Balaban J connectivity index is 1.33. The summed E-state index contributed by atoms with van der Waals surface area (Å²) in [5.74, 6) is 2.49. The molecule has 6 aromatic rings. The number of aliphatic imine (C=N–C) groups is 2. The molecule has 2 N–H and O–H groups in total. The Labute approximate surface area is 247 Å². The Hall–Kier alpha value is -5.13. The first-order valence-corrected chi connectivity index (χ1v) is 14.3. The van der Waals surface area contributed by atoms with E-state index in [1.165, 1.54) is 0 Å². The van der Waals surface area contributed by atoms with Gasteiger partial charge in [0, 0.05) is 27.6 Å². The van der Waals surface area contributed by atoms with Gasteiger partial charge in [0.1, 0.15) is 17.4 Å². The highest BCUT2D eigenvalue weighted by molar-refractivity contribution is 6.35. The van der Waals surface area contributed by atoms with Gasteiger partial charge in [0.05, 0.1) is 11.6 Å². The minimum atomic E-state index is -0.420. The van der Waals surface area contributed by atoms with Crippen LogP contribution in [0.3, 0.4) is 0 Å². The maximum Gasteiger partial charge on any atom is 0.170 e. The number of rotatable bonds is 4. The van der Waals surface area contributed by atoms with E-state index in [1.54, 1.807) is 0 Å². The standard InChI is InChI=1S/C36H25ClN4O/c37-30-18-17-27(32-29-19-20-38-21-31(29)42-33(30)32)26-15-16-28(25-14-8-7-13-24(25)26)36-40-34(22-9-3-1-4-10-22)39-35(41-36)23-11-5-2-6-12-23/h1-20,36,38H,21H2,(H,39,40,41). The van der Waals surface area contributed by atoms with Gasteiger partial charge < -0.3 is 15.1 Å². The largest absolute Gasteiger partial charge is 0.457 e. The summed E-state index contributed by atoms with van der Waals surface area (Å²) in [6, 6.07) is 37.3. The van der Waals surface area contributed by atoms with Crippen LogP contribution >= 0.6 is 11.6 Å². The Kier molecular flexibility index (Phi) is 5.90. The summed E-state index contributed by atoms with van der Waals surface area (Å²) in [5.41, 5.74) is 7.06. The van der Waals surface area contributed by atoms with Gasteiger partial charge in [-0.15, -0.1) is 0 Å². The Morgan fingerprint density at radius 3 is 2.05 bits per heavy atom. The van der Waals surface area contributed by atoms with Gasteiger partial charge >= 0.3 is 0 Å². The SMILES string of the molecule is Clc1ccc(-c2ccc(C3N=C(c4ccccc4)NC(c4ccccc4)=N3)c3ccccc23)c2c3c(oc12)CNC=C3. The number of nitrogens with zero attached hydrogens (tertiary/aromatic N) is 2. The Morgan fingerprint density at radius 1 is 0.690 bits per heavy atom. The minimum Gasteiger partial charge on any atom is -0.457 e. The molecule has 2 aliphatic heterocycles. The van der Waals surface area contributed by atoms with E-state index in [9.17, 15) is 0 Å². The third-order valence-electron chi connectivity index (χ3n) is 7.90. The molecule has 0 atom stereocenters. The molecule has 0 amide bonds. The van der Waals surface area contributed by atoms with Crippen LogP contribution in [0.5, 0.6) is 0 Å². The maximum atomic E-state index is 6.64. The zero-order chi connectivity index (χ0) is 28.0. The van der Waals surface area contributed by atoms with Crippen LogP contribution in [0.25, 0.3) is 38.9 Å². The van der Waals surface area contributed by atoms with E-state index in [-0.39, 0.29) is 0 Å². The number of amidine groups is 2. The van der Waals surface area contributed by atoms with Crippen molar-refractivity contribution in [1.82, 2.24) is 10.6 Å². The molecule has 8 rings (SSSR count). The lowest BCUT2D eigenvalue weighted by Crippen LogP contribution is -2.36. The number of nitrogens with one attached hydrogen (secondary N) is 2. The molecule has 6 heteroatoms. The highest BCUT2D eigenvalue weighted by Gasteiger charge is 2.25. The van der Waals surface area contributed by atoms with E-state index in [4.69, 9.17) is 26.0 Å². The van der Waals surface area contributed by atoms with Gasteiger partial charge in [0.25, 0.3) is 0 Å².